The topological polar surface area (TPSA) is 61.0 Å². The molecule has 0 saturated heterocycles. The van der Waals surface area contributed by atoms with Gasteiger partial charge in [-0.2, -0.15) is 10.2 Å². The fourth-order valence-electron chi connectivity index (χ4n) is 1.22. The van der Waals surface area contributed by atoms with Crippen LogP contribution in [0.3, 0.4) is 0 Å². The molecule has 0 bridgehead atoms. The highest BCUT2D eigenvalue weighted by molar-refractivity contribution is 6.32. The highest BCUT2D eigenvalue weighted by Gasteiger charge is 2.06. The Morgan fingerprint density at radius 3 is 2.75 bits per heavy atom. The standard InChI is InChI=1S/C11H10ClN3O/c1-7-10(4-5-14-15-7)16-11-3-2-8(13)6-9(11)12/h2-6H,13H2,1H3. The van der Waals surface area contributed by atoms with Crippen molar-refractivity contribution in [2.45, 2.75) is 6.92 Å². The van der Waals surface area contributed by atoms with E-state index in [1.54, 1.807) is 30.5 Å². The monoisotopic (exact) mass is 235 g/mol. The Morgan fingerprint density at radius 1 is 1.25 bits per heavy atom. The van der Waals surface area contributed by atoms with E-state index in [0.717, 1.165) is 0 Å². The van der Waals surface area contributed by atoms with Crippen molar-refractivity contribution in [1.29, 1.82) is 0 Å². The lowest BCUT2D eigenvalue weighted by Gasteiger charge is -2.08. The van der Waals surface area contributed by atoms with Crippen LogP contribution in [-0.4, -0.2) is 10.2 Å². The fraction of sp³-hybridized carbons (Fsp3) is 0.0909. The number of rotatable bonds is 2. The van der Waals surface area contributed by atoms with Crippen molar-refractivity contribution in [3.8, 4) is 11.5 Å². The summed E-state index contributed by atoms with van der Waals surface area (Å²) >= 11 is 5.99. The van der Waals surface area contributed by atoms with E-state index in [0.29, 0.717) is 27.9 Å². The summed E-state index contributed by atoms with van der Waals surface area (Å²) in [6.07, 6.45) is 1.56. The van der Waals surface area contributed by atoms with Crippen LogP contribution in [0.2, 0.25) is 5.02 Å². The highest BCUT2D eigenvalue weighted by Crippen LogP contribution is 2.31. The molecule has 2 rings (SSSR count). The first kappa shape index (κ1) is 10.7. The number of halogens is 1. The molecule has 0 fully saturated rings. The van der Waals surface area contributed by atoms with Crippen LogP contribution in [0.5, 0.6) is 11.5 Å². The molecular weight excluding hydrogens is 226 g/mol. The Labute approximate surface area is 98.0 Å². The van der Waals surface area contributed by atoms with Crippen molar-refractivity contribution in [3.05, 3.63) is 41.2 Å². The van der Waals surface area contributed by atoms with E-state index >= 15 is 0 Å². The van der Waals surface area contributed by atoms with Gasteiger partial charge < -0.3 is 10.5 Å². The molecule has 0 amide bonds. The van der Waals surface area contributed by atoms with Gasteiger partial charge in [0.2, 0.25) is 0 Å². The zero-order chi connectivity index (χ0) is 11.5. The maximum atomic E-state index is 5.99. The van der Waals surface area contributed by atoms with Gasteiger partial charge in [0, 0.05) is 11.8 Å². The molecule has 16 heavy (non-hydrogen) atoms. The van der Waals surface area contributed by atoms with Crippen LogP contribution in [0.15, 0.2) is 30.5 Å². The molecule has 1 aromatic carbocycles. The largest absolute Gasteiger partial charge is 0.454 e. The molecule has 0 spiro atoms. The minimum Gasteiger partial charge on any atom is -0.454 e. The third-order valence-corrected chi connectivity index (χ3v) is 2.33. The molecule has 2 aromatic rings. The Bertz CT molecular complexity index is 516. The van der Waals surface area contributed by atoms with Gasteiger partial charge in [-0.05, 0) is 25.1 Å². The molecule has 5 heteroatoms. The Balaban J connectivity index is 2.31. The Hall–Kier alpha value is -1.81. The van der Waals surface area contributed by atoms with Crippen molar-refractivity contribution in [1.82, 2.24) is 10.2 Å². The maximum absolute atomic E-state index is 5.99. The van der Waals surface area contributed by atoms with Crippen molar-refractivity contribution >= 4 is 17.3 Å². The van der Waals surface area contributed by atoms with Crippen molar-refractivity contribution in [2.75, 3.05) is 5.73 Å². The quantitative estimate of drug-likeness (QED) is 0.813. The van der Waals surface area contributed by atoms with Gasteiger partial charge in [-0.25, -0.2) is 0 Å². The van der Waals surface area contributed by atoms with Crippen LogP contribution >= 0.6 is 11.6 Å². The van der Waals surface area contributed by atoms with Gasteiger partial charge in [0.1, 0.15) is 11.4 Å². The number of benzene rings is 1. The van der Waals surface area contributed by atoms with Gasteiger partial charge in [0.25, 0.3) is 0 Å². The molecular formula is C11H10ClN3O. The van der Waals surface area contributed by atoms with Gasteiger partial charge in [-0.3, -0.25) is 0 Å². The third kappa shape index (κ3) is 2.23. The van der Waals surface area contributed by atoms with Crippen molar-refractivity contribution in [3.63, 3.8) is 0 Å². The SMILES string of the molecule is Cc1nnccc1Oc1ccc(N)cc1Cl. The van der Waals surface area contributed by atoms with Crippen LogP contribution in [0.4, 0.5) is 5.69 Å². The number of anilines is 1. The lowest BCUT2D eigenvalue weighted by atomic mass is 10.3. The number of nitrogens with two attached hydrogens (primary N) is 1. The number of aromatic nitrogens is 2. The van der Waals surface area contributed by atoms with Gasteiger partial charge >= 0.3 is 0 Å². The Morgan fingerprint density at radius 2 is 2.06 bits per heavy atom. The lowest BCUT2D eigenvalue weighted by molar-refractivity contribution is 0.473. The lowest BCUT2D eigenvalue weighted by Crippen LogP contribution is -1.93. The Kier molecular flexibility index (Phi) is 2.92. The average Bonchev–Trinajstić information content (AvgIpc) is 2.25. The predicted molar refractivity (Wildman–Crippen MR) is 62.7 cm³/mol. The van der Waals surface area contributed by atoms with E-state index in [2.05, 4.69) is 10.2 Å². The second kappa shape index (κ2) is 4.37. The summed E-state index contributed by atoms with van der Waals surface area (Å²) < 4.78 is 5.60. The summed E-state index contributed by atoms with van der Waals surface area (Å²) in [6.45, 7) is 1.81. The summed E-state index contributed by atoms with van der Waals surface area (Å²) in [7, 11) is 0. The zero-order valence-electron chi connectivity index (χ0n) is 8.64. The molecule has 0 saturated carbocycles. The van der Waals surface area contributed by atoms with Crippen LogP contribution in [-0.2, 0) is 0 Å². The molecule has 0 radical (unpaired) electrons. The van der Waals surface area contributed by atoms with Crippen molar-refractivity contribution < 1.29 is 4.74 Å². The van der Waals surface area contributed by atoms with E-state index in [-0.39, 0.29) is 0 Å². The summed E-state index contributed by atoms with van der Waals surface area (Å²) in [5.74, 6) is 1.17. The molecule has 0 unspecified atom stereocenters. The number of nitrogen functional groups attached to an aromatic ring is 1. The normalized spacial score (nSPS) is 10.1. The van der Waals surface area contributed by atoms with Gasteiger partial charge in [-0.1, -0.05) is 11.6 Å². The van der Waals surface area contributed by atoms with E-state index < -0.39 is 0 Å². The minimum absolute atomic E-state index is 0.469. The molecule has 82 valence electrons. The summed E-state index contributed by atoms with van der Waals surface area (Å²) in [4.78, 5) is 0. The molecule has 0 atom stereocenters. The fourth-order valence-corrected chi connectivity index (χ4v) is 1.44. The number of hydrogen-bond donors (Lipinski definition) is 1. The van der Waals surface area contributed by atoms with Gasteiger partial charge in [-0.15, -0.1) is 0 Å². The molecule has 0 aliphatic heterocycles. The highest BCUT2D eigenvalue weighted by atomic mass is 35.5. The maximum Gasteiger partial charge on any atom is 0.152 e. The zero-order valence-corrected chi connectivity index (χ0v) is 9.40. The summed E-state index contributed by atoms with van der Waals surface area (Å²) in [5.41, 5.74) is 6.89. The second-order valence-electron chi connectivity index (χ2n) is 3.27. The molecule has 1 aromatic heterocycles. The van der Waals surface area contributed by atoms with Crippen LogP contribution in [0, 0.1) is 6.92 Å². The van der Waals surface area contributed by atoms with E-state index in [9.17, 15) is 0 Å². The molecule has 2 N–H and O–H groups in total. The van der Waals surface area contributed by atoms with Gasteiger partial charge in [0.15, 0.2) is 5.75 Å². The molecule has 0 aliphatic rings. The first-order valence-corrected chi connectivity index (χ1v) is 5.06. The minimum atomic E-state index is 0.469. The summed E-state index contributed by atoms with van der Waals surface area (Å²) in [5, 5.41) is 8.09. The van der Waals surface area contributed by atoms with Crippen LogP contribution < -0.4 is 10.5 Å². The number of ether oxygens (including phenoxy) is 1. The molecule has 0 aliphatic carbocycles. The number of hydrogen-bond acceptors (Lipinski definition) is 4. The summed E-state index contributed by atoms with van der Waals surface area (Å²) in [6, 6.07) is 6.82. The van der Waals surface area contributed by atoms with Crippen LogP contribution in [0.25, 0.3) is 0 Å². The second-order valence-corrected chi connectivity index (χ2v) is 3.68. The number of nitrogens with zero attached hydrogens (tertiary/aromatic N) is 2. The molecule has 1 heterocycles. The van der Waals surface area contributed by atoms with Crippen molar-refractivity contribution in [2.24, 2.45) is 0 Å². The first-order valence-electron chi connectivity index (χ1n) is 4.68. The smallest absolute Gasteiger partial charge is 0.152 e. The van der Waals surface area contributed by atoms with E-state index in [4.69, 9.17) is 22.1 Å². The van der Waals surface area contributed by atoms with E-state index in [1.165, 1.54) is 0 Å². The average molecular weight is 236 g/mol. The van der Waals surface area contributed by atoms with Crippen LogP contribution in [0.1, 0.15) is 5.69 Å². The molecule has 4 nitrogen and oxygen atoms in total. The van der Waals surface area contributed by atoms with Gasteiger partial charge in [0.05, 0.1) is 11.2 Å². The predicted octanol–water partition coefficient (Wildman–Crippen LogP) is 2.81. The number of aryl methyl sites for hydroxylation is 1. The first-order chi connectivity index (χ1) is 7.66. The van der Waals surface area contributed by atoms with E-state index in [1.807, 2.05) is 6.92 Å². The third-order valence-electron chi connectivity index (χ3n) is 2.03.